The largest absolute Gasteiger partial charge is 0.392 e. The second kappa shape index (κ2) is 4.24. The summed E-state index contributed by atoms with van der Waals surface area (Å²) in [5, 5.41) is 21.3. The van der Waals surface area contributed by atoms with Crippen molar-refractivity contribution in [2.75, 3.05) is 0 Å². The lowest BCUT2D eigenvalue weighted by Crippen LogP contribution is -2.58. The monoisotopic (exact) mass is 240 g/mol. The third kappa shape index (κ3) is 2.15. The first kappa shape index (κ1) is 13.4. The standard InChI is InChI=1S/C15H28O2/c1-10(2)11-6-9-14(3)7-5-8-15(4,17)13(14)12(11)16/h10-13,16-17H,5-9H2,1-4H3. The van der Waals surface area contributed by atoms with Crippen molar-refractivity contribution in [3.63, 3.8) is 0 Å². The van der Waals surface area contributed by atoms with Crippen molar-refractivity contribution in [1.82, 2.24) is 0 Å². The third-order valence-electron chi connectivity index (χ3n) is 5.54. The van der Waals surface area contributed by atoms with E-state index in [1.54, 1.807) is 0 Å². The van der Waals surface area contributed by atoms with Crippen LogP contribution >= 0.6 is 0 Å². The lowest BCUT2D eigenvalue weighted by molar-refractivity contribution is -0.184. The summed E-state index contributed by atoms with van der Waals surface area (Å²) in [6.07, 6.45) is 5.04. The van der Waals surface area contributed by atoms with Gasteiger partial charge in [-0.25, -0.2) is 0 Å². The van der Waals surface area contributed by atoms with Crippen LogP contribution in [0.1, 0.15) is 59.8 Å². The summed E-state index contributed by atoms with van der Waals surface area (Å²) in [6.45, 7) is 8.58. The van der Waals surface area contributed by atoms with Crippen molar-refractivity contribution in [3.05, 3.63) is 0 Å². The van der Waals surface area contributed by atoms with Gasteiger partial charge in [-0.05, 0) is 49.9 Å². The molecule has 2 heteroatoms. The first-order chi connectivity index (χ1) is 7.78. The van der Waals surface area contributed by atoms with Crippen LogP contribution in [0.15, 0.2) is 0 Å². The molecule has 100 valence electrons. The van der Waals surface area contributed by atoms with Gasteiger partial charge >= 0.3 is 0 Å². The van der Waals surface area contributed by atoms with E-state index in [1.807, 2.05) is 6.92 Å². The minimum atomic E-state index is -0.681. The fraction of sp³-hybridized carbons (Fsp3) is 1.00. The lowest BCUT2D eigenvalue weighted by Gasteiger charge is -2.57. The van der Waals surface area contributed by atoms with Crippen LogP contribution in [0.5, 0.6) is 0 Å². The van der Waals surface area contributed by atoms with E-state index in [9.17, 15) is 10.2 Å². The highest BCUT2D eigenvalue weighted by Crippen LogP contribution is 2.56. The maximum absolute atomic E-state index is 10.7. The normalized spacial score (nSPS) is 51.4. The third-order valence-corrected chi connectivity index (χ3v) is 5.54. The molecule has 5 atom stereocenters. The zero-order valence-electron chi connectivity index (χ0n) is 11.7. The lowest BCUT2D eigenvalue weighted by atomic mass is 9.51. The molecule has 0 aromatic rings. The highest BCUT2D eigenvalue weighted by Gasteiger charge is 2.55. The average molecular weight is 240 g/mol. The molecule has 0 amide bonds. The molecule has 0 bridgehead atoms. The highest BCUT2D eigenvalue weighted by atomic mass is 16.3. The van der Waals surface area contributed by atoms with Crippen LogP contribution in [0.2, 0.25) is 0 Å². The first-order valence-corrected chi connectivity index (χ1v) is 7.18. The van der Waals surface area contributed by atoms with E-state index in [0.29, 0.717) is 11.8 Å². The smallest absolute Gasteiger partial charge is 0.0677 e. The molecule has 2 aliphatic carbocycles. The van der Waals surface area contributed by atoms with Gasteiger partial charge in [-0.2, -0.15) is 0 Å². The summed E-state index contributed by atoms with van der Waals surface area (Å²) in [5.41, 5.74) is -0.535. The fourth-order valence-electron chi connectivity index (χ4n) is 4.61. The van der Waals surface area contributed by atoms with Crippen LogP contribution in [0.3, 0.4) is 0 Å². The Labute approximate surface area is 105 Å². The van der Waals surface area contributed by atoms with Gasteiger partial charge in [-0.15, -0.1) is 0 Å². The first-order valence-electron chi connectivity index (χ1n) is 7.18. The summed E-state index contributed by atoms with van der Waals surface area (Å²) in [4.78, 5) is 0. The van der Waals surface area contributed by atoms with Gasteiger partial charge < -0.3 is 10.2 Å². The Morgan fingerprint density at radius 1 is 1.12 bits per heavy atom. The molecule has 2 aliphatic rings. The van der Waals surface area contributed by atoms with Crippen molar-refractivity contribution in [2.45, 2.75) is 71.5 Å². The Bertz CT molecular complexity index is 285. The number of hydrogen-bond donors (Lipinski definition) is 2. The molecule has 0 aliphatic heterocycles. The molecule has 2 rings (SSSR count). The number of aliphatic hydroxyl groups is 2. The topological polar surface area (TPSA) is 40.5 Å². The number of hydrogen-bond acceptors (Lipinski definition) is 2. The van der Waals surface area contributed by atoms with Gasteiger partial charge in [-0.1, -0.05) is 27.2 Å². The van der Waals surface area contributed by atoms with Crippen molar-refractivity contribution in [1.29, 1.82) is 0 Å². The molecule has 2 nitrogen and oxygen atoms in total. The van der Waals surface area contributed by atoms with Gasteiger partial charge in [0.05, 0.1) is 11.7 Å². The Morgan fingerprint density at radius 3 is 2.35 bits per heavy atom. The van der Waals surface area contributed by atoms with E-state index in [-0.39, 0.29) is 17.4 Å². The van der Waals surface area contributed by atoms with Crippen molar-refractivity contribution >= 4 is 0 Å². The van der Waals surface area contributed by atoms with E-state index in [0.717, 1.165) is 32.1 Å². The molecule has 17 heavy (non-hydrogen) atoms. The molecule has 5 unspecified atom stereocenters. The van der Waals surface area contributed by atoms with Crippen molar-refractivity contribution < 1.29 is 10.2 Å². The Hall–Kier alpha value is -0.0800. The van der Waals surface area contributed by atoms with Crippen LogP contribution < -0.4 is 0 Å². The number of rotatable bonds is 1. The van der Waals surface area contributed by atoms with Gasteiger partial charge in [0.2, 0.25) is 0 Å². The molecule has 2 saturated carbocycles. The predicted octanol–water partition coefficient (Wildman–Crippen LogP) is 2.97. The average Bonchev–Trinajstić information content (AvgIpc) is 2.14. The molecule has 0 radical (unpaired) electrons. The number of aliphatic hydroxyl groups excluding tert-OH is 1. The van der Waals surface area contributed by atoms with Gasteiger partial charge in [0.25, 0.3) is 0 Å². The number of fused-ring (bicyclic) bond motifs is 1. The van der Waals surface area contributed by atoms with Crippen LogP contribution in [0.25, 0.3) is 0 Å². The Morgan fingerprint density at radius 2 is 1.76 bits per heavy atom. The van der Waals surface area contributed by atoms with Crippen LogP contribution in [0, 0.1) is 23.2 Å². The summed E-state index contributed by atoms with van der Waals surface area (Å²) < 4.78 is 0. The SMILES string of the molecule is CC(C)C1CCC2(C)CCCC(C)(O)C2C1O. The molecule has 2 N–H and O–H groups in total. The molecule has 0 aromatic carbocycles. The maximum Gasteiger partial charge on any atom is 0.0677 e. The Kier molecular flexibility index (Phi) is 3.33. The van der Waals surface area contributed by atoms with Crippen molar-refractivity contribution in [3.8, 4) is 0 Å². The highest BCUT2D eigenvalue weighted by molar-refractivity contribution is 5.05. The van der Waals surface area contributed by atoms with E-state index in [1.165, 1.54) is 0 Å². The second-order valence-electron chi connectivity index (χ2n) is 7.28. The Balaban J connectivity index is 2.29. The quantitative estimate of drug-likeness (QED) is 0.740. The summed E-state index contributed by atoms with van der Waals surface area (Å²) in [6, 6.07) is 0. The van der Waals surface area contributed by atoms with Gasteiger partial charge in [-0.3, -0.25) is 0 Å². The van der Waals surface area contributed by atoms with Gasteiger partial charge in [0.15, 0.2) is 0 Å². The molecular formula is C15H28O2. The van der Waals surface area contributed by atoms with Gasteiger partial charge in [0, 0.05) is 5.92 Å². The minimum Gasteiger partial charge on any atom is -0.392 e. The van der Waals surface area contributed by atoms with Crippen LogP contribution in [-0.2, 0) is 0 Å². The van der Waals surface area contributed by atoms with E-state index < -0.39 is 5.60 Å². The molecule has 0 spiro atoms. The van der Waals surface area contributed by atoms with E-state index >= 15 is 0 Å². The summed E-state index contributed by atoms with van der Waals surface area (Å²) in [7, 11) is 0. The van der Waals surface area contributed by atoms with Gasteiger partial charge in [0.1, 0.15) is 0 Å². The van der Waals surface area contributed by atoms with E-state index in [4.69, 9.17) is 0 Å². The summed E-state index contributed by atoms with van der Waals surface area (Å²) in [5.74, 6) is 0.926. The zero-order valence-corrected chi connectivity index (χ0v) is 11.7. The minimum absolute atomic E-state index is 0.0601. The second-order valence-corrected chi connectivity index (χ2v) is 7.28. The van der Waals surface area contributed by atoms with Crippen LogP contribution in [-0.4, -0.2) is 21.9 Å². The molecule has 0 saturated heterocycles. The predicted molar refractivity (Wildman–Crippen MR) is 69.6 cm³/mol. The molecule has 2 fully saturated rings. The summed E-state index contributed by atoms with van der Waals surface area (Å²) >= 11 is 0. The maximum atomic E-state index is 10.7. The molecule has 0 heterocycles. The van der Waals surface area contributed by atoms with E-state index in [2.05, 4.69) is 20.8 Å². The van der Waals surface area contributed by atoms with Crippen molar-refractivity contribution in [2.24, 2.45) is 23.2 Å². The molecular weight excluding hydrogens is 212 g/mol. The fourth-order valence-corrected chi connectivity index (χ4v) is 4.61. The molecule has 0 aromatic heterocycles. The zero-order chi connectivity index (χ0) is 12.8. The van der Waals surface area contributed by atoms with Crippen LogP contribution in [0.4, 0.5) is 0 Å².